The van der Waals surface area contributed by atoms with Crippen LogP contribution >= 0.6 is 11.8 Å². The highest BCUT2D eigenvalue weighted by molar-refractivity contribution is 8.00. The first-order valence-corrected chi connectivity index (χ1v) is 44.3. The summed E-state index contributed by atoms with van der Waals surface area (Å²) >= 11 is 0.786. The molecule has 6 heterocycles. The summed E-state index contributed by atoms with van der Waals surface area (Å²) in [5, 5.41) is 58.0. The second kappa shape index (κ2) is 47.2. The lowest BCUT2D eigenvalue weighted by Crippen LogP contribution is -2.61. The van der Waals surface area contributed by atoms with Gasteiger partial charge in [-0.2, -0.15) is 0 Å². The molecule has 0 spiro atoms. The van der Waals surface area contributed by atoms with E-state index < -0.39 is 228 Å². The number of carbonyl (C=O) groups excluding carboxylic acids is 16. The number of primary amides is 1. The number of carbonyl (C=O) groups is 18. The summed E-state index contributed by atoms with van der Waals surface area (Å²) in [6.45, 7) is 3.20. The van der Waals surface area contributed by atoms with Crippen molar-refractivity contribution in [3.63, 3.8) is 0 Å². The average molecular weight is 1800 g/mol. The van der Waals surface area contributed by atoms with Crippen molar-refractivity contribution in [1.82, 2.24) is 87.6 Å². The number of thioether (sulfide) groups is 1. The number of aromatic amines is 2. The first-order valence-electron chi connectivity index (χ1n) is 43.2. The molecule has 1 unspecified atom stereocenters. The predicted molar refractivity (Wildman–Crippen MR) is 467 cm³/mol. The van der Waals surface area contributed by atoms with Crippen molar-refractivity contribution in [2.24, 2.45) is 17.2 Å². The lowest BCUT2D eigenvalue weighted by atomic mass is 9.99. The van der Waals surface area contributed by atoms with Crippen LogP contribution < -0.4 is 70.4 Å². The van der Waals surface area contributed by atoms with Gasteiger partial charge in [0.2, 0.25) is 94.5 Å². The van der Waals surface area contributed by atoms with Crippen molar-refractivity contribution in [3.05, 3.63) is 102 Å². The number of para-hydroxylation sites is 2. The van der Waals surface area contributed by atoms with Gasteiger partial charge in [-0.15, -0.1) is 11.8 Å². The monoisotopic (exact) mass is 1800 g/mol. The van der Waals surface area contributed by atoms with Crippen molar-refractivity contribution < 1.29 is 102 Å². The van der Waals surface area contributed by atoms with Gasteiger partial charge in [0.15, 0.2) is 0 Å². The Labute approximate surface area is 742 Å². The van der Waals surface area contributed by atoms with Crippen molar-refractivity contribution in [2.45, 2.75) is 227 Å². The van der Waals surface area contributed by atoms with Gasteiger partial charge in [0.25, 0.3) is 0 Å². The molecular weight excluding hydrogens is 1680 g/mol. The number of hydrogen-bond acceptors (Lipinski definition) is 22. The molecule has 4 saturated heterocycles. The lowest BCUT2D eigenvalue weighted by molar-refractivity contribution is -0.149. The molecule has 4 aliphatic heterocycles. The summed E-state index contributed by atoms with van der Waals surface area (Å²) in [4.78, 5) is 271. The average Bonchev–Trinajstić information content (AvgIpc) is 1.59. The number of aromatic nitrogens is 2. The number of phenolic OH excluding ortho intramolecular Hbond substituents is 1. The van der Waals surface area contributed by atoms with E-state index in [1.165, 1.54) is 55.1 Å². The number of likely N-dealkylation sites (N-methyl/N-ethyl adjacent to an activating group) is 2. The fraction of sp³-hybridized carbons (Fsp3) is 0.535. The fourth-order valence-corrected chi connectivity index (χ4v) is 17.3. The van der Waals surface area contributed by atoms with Gasteiger partial charge in [0.1, 0.15) is 90.3 Å². The zero-order chi connectivity index (χ0) is 93.2. The van der Waals surface area contributed by atoms with Crippen LogP contribution in [0.4, 0.5) is 0 Å². The number of nitrogens with zero attached hydrogens (tertiary/aromatic N) is 5. The summed E-state index contributed by atoms with van der Waals surface area (Å²) in [6, 6.07) is -1.68. The molecule has 2 aromatic heterocycles. The van der Waals surface area contributed by atoms with E-state index in [0.717, 1.165) is 26.5 Å². The van der Waals surface area contributed by atoms with Crippen molar-refractivity contribution in [1.29, 1.82) is 0 Å². The van der Waals surface area contributed by atoms with Crippen LogP contribution in [0.5, 0.6) is 5.75 Å². The van der Waals surface area contributed by atoms with E-state index in [-0.39, 0.29) is 115 Å². The zero-order valence-corrected chi connectivity index (χ0v) is 73.1. The maximum atomic E-state index is 15.7. The molecule has 694 valence electrons. The number of aromatic hydroxyl groups is 1. The van der Waals surface area contributed by atoms with Crippen LogP contribution in [0.15, 0.2) is 85.2 Å². The predicted octanol–water partition coefficient (Wildman–Crippen LogP) is -2.23. The number of nitrogens with one attached hydrogen (secondary N) is 12. The summed E-state index contributed by atoms with van der Waals surface area (Å²) in [7, 11) is 2.75. The number of phenols is 1. The van der Waals surface area contributed by atoms with Crippen LogP contribution in [0.25, 0.3) is 21.8 Å². The minimum absolute atomic E-state index is 0.00502. The number of H-pyrrole nitrogens is 2. The second-order valence-corrected chi connectivity index (χ2v) is 33.7. The standard InChI is InChI=1S/C86H118N20O21S/c1-6-8-23-64-78(119)93-47(3)73(114)101-63(74(115)92-44-69(89)108)45-128-46-70(109)94-58(36-48-28-30-51(107)31-29-48)83(124)104-33-16-26-66(104)80(121)99-61(40-72(112)113)85(126)106-35-17-27-67(106)81(122)100-62(41-88)77(118)98-60(39-71(110)111)84(125)105-34-15-25-65(105)79(120)96-57(37-49-42-90-54-20-12-10-18-52(49)54)76(117)95-56(22-14-32-87)75(116)97-59(38-50-43-91-55-21-13-11-19-53(50)55)82(123)103(5)68(24-9-7-2)86(127)102(64)4/h10-13,18-21,28-31,42-43,47,56-68,90-91,107H,6-9,14-17,22-27,32-41,44-46,87-88H2,1-5H3,(H2,89,108)(H,92,115)(H,93,119)(H,94,109)(H,95,117)(H,96,120)(H,97,116)(H,98,118)(H,99,121)(H,100,122)(H,101,114)(H,110,111)(H,112,113)/t47-,56-,57-,58-,59-,60-,61?,62-,63-,64-,65-,66-,67-,68-/m0/s1. The van der Waals surface area contributed by atoms with Crippen LogP contribution in [0, 0.1) is 0 Å². The van der Waals surface area contributed by atoms with Gasteiger partial charge in [-0.3, -0.25) is 86.3 Å². The first kappa shape index (κ1) is 99.1. The fourth-order valence-electron chi connectivity index (χ4n) is 16.4. The number of hydrogen-bond donors (Lipinski definition) is 18. The Kier molecular flexibility index (Phi) is 36.5. The van der Waals surface area contributed by atoms with Crippen LogP contribution in [0.3, 0.4) is 0 Å². The van der Waals surface area contributed by atoms with Crippen molar-refractivity contribution in [3.8, 4) is 5.75 Å². The first-order chi connectivity index (χ1) is 61.1. The van der Waals surface area contributed by atoms with Gasteiger partial charge in [-0.1, -0.05) is 88.1 Å². The van der Waals surface area contributed by atoms with Gasteiger partial charge >= 0.3 is 11.9 Å². The van der Waals surface area contributed by atoms with Crippen LogP contribution in [0.2, 0.25) is 0 Å². The molecule has 3 aromatic carbocycles. The summed E-state index contributed by atoms with van der Waals surface area (Å²) < 4.78 is 0. The normalized spacial score (nSPS) is 25.3. The molecule has 42 heteroatoms. The molecule has 0 saturated carbocycles. The maximum absolute atomic E-state index is 15.7. The number of benzene rings is 3. The smallest absolute Gasteiger partial charge is 0.305 e. The Morgan fingerprint density at radius 1 is 0.477 bits per heavy atom. The summed E-state index contributed by atoms with van der Waals surface area (Å²) in [6.07, 6.45) is 2.66. The van der Waals surface area contributed by atoms with Gasteiger partial charge < -0.3 is 120 Å². The van der Waals surface area contributed by atoms with Crippen molar-refractivity contribution in [2.75, 3.05) is 64.9 Å². The van der Waals surface area contributed by atoms with Crippen molar-refractivity contribution >= 4 is 140 Å². The van der Waals surface area contributed by atoms with E-state index in [2.05, 4.69) is 63.1 Å². The number of fused-ring (bicyclic) bond motifs is 5. The third kappa shape index (κ3) is 26.5. The molecular formula is C86H118N20O21S. The SMILES string of the molecule is CCCC[C@H]1C(=O)N(C)[C@@H](CCCC)C(=O)N[C@@H](C)C(=O)N[C@H](C(=O)NCC(N)=O)CSCC(=O)N[C@@H](Cc2ccc(O)cc2)C(=O)N2CCC[C@H]2C(=O)NC(CC(=O)O)C(=O)N2CCC[C@H]2C(=O)N[C@@H](CN)C(=O)N[C@@H](CC(=O)O)C(=O)N2CCC[C@H]2C(=O)N[C@@H](Cc2c[nH]c3ccccc23)C(=O)N[C@@H](CCCN)C(=O)N[C@@H](Cc2c[nH]c3ccccc23)C(=O)N1C. The Bertz CT molecular complexity index is 4870. The molecule has 4 fully saturated rings. The molecule has 14 atom stereocenters. The maximum Gasteiger partial charge on any atom is 0.305 e. The van der Waals surface area contributed by atoms with E-state index in [1.54, 1.807) is 60.9 Å². The van der Waals surface area contributed by atoms with Gasteiger partial charge in [-0.05, 0) is 119 Å². The lowest BCUT2D eigenvalue weighted by Gasteiger charge is -2.36. The highest BCUT2D eigenvalue weighted by Gasteiger charge is 2.47. The number of rotatable bonds is 23. The van der Waals surface area contributed by atoms with E-state index in [1.807, 2.05) is 13.8 Å². The third-order valence-electron chi connectivity index (χ3n) is 23.4. The minimum atomic E-state index is -1.94. The Morgan fingerprint density at radius 2 is 0.922 bits per heavy atom. The highest BCUT2D eigenvalue weighted by Crippen LogP contribution is 2.28. The number of carboxylic acid groups (broad SMARTS) is 2. The van der Waals surface area contributed by atoms with E-state index in [9.17, 15) is 77.6 Å². The Morgan fingerprint density at radius 3 is 1.43 bits per heavy atom. The molecule has 0 radical (unpaired) electrons. The molecule has 41 nitrogen and oxygen atoms in total. The molecule has 4 aliphatic rings. The quantitative estimate of drug-likeness (QED) is 0.0329. The molecule has 0 bridgehead atoms. The molecule has 21 N–H and O–H groups in total. The third-order valence-corrected chi connectivity index (χ3v) is 24.4. The Hall–Kier alpha value is -12.7. The van der Waals surface area contributed by atoms with E-state index in [4.69, 9.17) is 17.2 Å². The molecule has 0 aliphatic carbocycles. The van der Waals surface area contributed by atoms with Gasteiger partial charge in [0, 0.05) is 99.5 Å². The minimum Gasteiger partial charge on any atom is -0.508 e. The topological polar surface area (TPSA) is 614 Å². The second-order valence-electron chi connectivity index (χ2n) is 32.6. The van der Waals surface area contributed by atoms with Crippen LogP contribution in [-0.2, 0) is 106 Å². The molecule has 128 heavy (non-hydrogen) atoms. The zero-order valence-electron chi connectivity index (χ0n) is 72.3. The van der Waals surface area contributed by atoms with E-state index in [0.29, 0.717) is 64.2 Å². The number of aliphatic carboxylic acids is 2. The number of nitrogens with two attached hydrogens (primary N) is 3. The molecule has 9 rings (SSSR count). The number of unbranched alkanes of at least 4 members (excludes halogenated alkanes) is 2. The number of amides is 16. The molecule has 16 amide bonds. The van der Waals surface area contributed by atoms with E-state index >= 15 is 24.0 Å². The highest BCUT2D eigenvalue weighted by atomic mass is 32.2. The van der Waals surface area contributed by atoms with Gasteiger partial charge in [0.05, 0.1) is 25.1 Å². The number of carboxylic acids is 2. The largest absolute Gasteiger partial charge is 0.508 e. The molecule has 5 aromatic rings. The van der Waals surface area contributed by atoms with Crippen LogP contribution in [0.1, 0.15) is 140 Å². The summed E-state index contributed by atoms with van der Waals surface area (Å²) in [5.74, 6) is -19.0. The summed E-state index contributed by atoms with van der Waals surface area (Å²) in [5.41, 5.74) is 20.4. The Balaban J connectivity index is 1.07. The van der Waals surface area contributed by atoms with Crippen LogP contribution in [-0.4, -0.2) is 306 Å². The van der Waals surface area contributed by atoms with Gasteiger partial charge in [-0.25, -0.2) is 0 Å².